The van der Waals surface area contributed by atoms with Gasteiger partial charge in [0.1, 0.15) is 28.8 Å². The van der Waals surface area contributed by atoms with Crippen LogP contribution in [-0.2, 0) is 12.4 Å². The molecule has 34 heavy (non-hydrogen) atoms. The SMILES string of the molecule is CCN(C(=O)c1cc(C)cn1-c1nc(C(F)(F)F)cc(C(F)(F)F)c1C#N)c1ccc(F)cc1. The predicted molar refractivity (Wildman–Crippen MR) is 107 cm³/mol. The van der Waals surface area contributed by atoms with Crippen LogP contribution in [0.3, 0.4) is 0 Å². The molecule has 0 aliphatic carbocycles. The number of halogens is 7. The largest absolute Gasteiger partial charge is 0.433 e. The van der Waals surface area contributed by atoms with Gasteiger partial charge in [-0.2, -0.15) is 31.6 Å². The number of rotatable bonds is 4. The van der Waals surface area contributed by atoms with Gasteiger partial charge < -0.3 is 4.90 Å². The molecule has 0 N–H and O–H groups in total. The number of aromatic nitrogens is 2. The normalized spacial score (nSPS) is 11.9. The molecule has 0 bridgehead atoms. The number of hydrogen-bond acceptors (Lipinski definition) is 3. The van der Waals surface area contributed by atoms with E-state index in [4.69, 9.17) is 0 Å². The van der Waals surface area contributed by atoms with Crippen LogP contribution in [-0.4, -0.2) is 22.0 Å². The quantitative estimate of drug-likeness (QED) is 0.434. The summed E-state index contributed by atoms with van der Waals surface area (Å²) < 4.78 is 94.7. The Balaban J connectivity index is 2.27. The molecule has 3 aromatic rings. The fraction of sp³-hybridized carbons (Fsp3) is 0.227. The first kappa shape index (κ1) is 24.8. The lowest BCUT2D eigenvalue weighted by molar-refractivity contribution is -0.145. The molecule has 0 aliphatic heterocycles. The minimum absolute atomic E-state index is 0.0453. The van der Waals surface area contributed by atoms with Crippen LogP contribution in [0.15, 0.2) is 42.6 Å². The molecular weight excluding hydrogens is 469 g/mol. The highest BCUT2D eigenvalue weighted by atomic mass is 19.4. The van der Waals surface area contributed by atoms with E-state index in [9.17, 15) is 40.8 Å². The summed E-state index contributed by atoms with van der Waals surface area (Å²) in [6.07, 6.45) is -9.44. The Morgan fingerprint density at radius 1 is 1.09 bits per heavy atom. The maximum atomic E-state index is 13.5. The third-order valence-electron chi connectivity index (χ3n) is 4.81. The zero-order chi connectivity index (χ0) is 25.4. The summed E-state index contributed by atoms with van der Waals surface area (Å²) in [5.74, 6) is -2.37. The maximum Gasteiger partial charge on any atom is 0.433 e. The Labute approximate surface area is 188 Å². The lowest BCUT2D eigenvalue weighted by Gasteiger charge is -2.22. The smallest absolute Gasteiger partial charge is 0.307 e. The van der Waals surface area contributed by atoms with Gasteiger partial charge in [0.2, 0.25) is 0 Å². The van der Waals surface area contributed by atoms with Crippen LogP contribution in [0.1, 0.15) is 39.8 Å². The summed E-state index contributed by atoms with van der Waals surface area (Å²) >= 11 is 0. The van der Waals surface area contributed by atoms with E-state index in [1.807, 2.05) is 0 Å². The molecule has 0 fully saturated rings. The van der Waals surface area contributed by atoms with Gasteiger partial charge >= 0.3 is 12.4 Å². The lowest BCUT2D eigenvalue weighted by Crippen LogP contribution is -2.32. The molecule has 3 rings (SSSR count). The minimum atomic E-state index is -5.29. The Bertz CT molecular complexity index is 1270. The molecule has 0 unspecified atom stereocenters. The zero-order valence-corrected chi connectivity index (χ0v) is 17.6. The topological polar surface area (TPSA) is 61.9 Å². The van der Waals surface area contributed by atoms with Crippen LogP contribution >= 0.6 is 0 Å². The average molecular weight is 484 g/mol. The fourth-order valence-electron chi connectivity index (χ4n) is 3.32. The summed E-state index contributed by atoms with van der Waals surface area (Å²) in [6.45, 7) is 3.09. The summed E-state index contributed by atoms with van der Waals surface area (Å²) in [4.78, 5) is 17.7. The van der Waals surface area contributed by atoms with E-state index in [1.54, 1.807) is 6.92 Å². The molecule has 1 amide bonds. The summed E-state index contributed by atoms with van der Waals surface area (Å²) in [5, 5.41) is 9.40. The van der Waals surface area contributed by atoms with Crippen molar-refractivity contribution < 1.29 is 35.5 Å². The van der Waals surface area contributed by atoms with E-state index in [0.29, 0.717) is 5.56 Å². The van der Waals surface area contributed by atoms with Crippen molar-refractivity contribution in [3.8, 4) is 11.9 Å². The molecule has 5 nitrogen and oxygen atoms in total. The third-order valence-corrected chi connectivity index (χ3v) is 4.81. The number of benzene rings is 1. The molecule has 0 saturated carbocycles. The molecule has 0 radical (unpaired) electrons. The first-order valence-electron chi connectivity index (χ1n) is 9.64. The second-order valence-electron chi connectivity index (χ2n) is 7.16. The predicted octanol–water partition coefficient (Wildman–Crippen LogP) is 5.90. The van der Waals surface area contributed by atoms with Gasteiger partial charge in [-0.15, -0.1) is 0 Å². The number of nitriles is 1. The molecule has 0 saturated heterocycles. The Morgan fingerprint density at radius 2 is 1.71 bits per heavy atom. The molecule has 2 heterocycles. The average Bonchev–Trinajstić information content (AvgIpc) is 3.14. The molecule has 0 spiro atoms. The number of nitrogens with zero attached hydrogens (tertiary/aromatic N) is 4. The van der Waals surface area contributed by atoms with Gasteiger partial charge in [-0.25, -0.2) is 9.37 Å². The van der Waals surface area contributed by atoms with E-state index in [-0.39, 0.29) is 24.0 Å². The number of amides is 1. The second kappa shape index (κ2) is 8.81. The number of carbonyl (C=O) groups is 1. The van der Waals surface area contributed by atoms with Crippen molar-refractivity contribution in [2.75, 3.05) is 11.4 Å². The van der Waals surface area contributed by atoms with Crippen LogP contribution in [0.2, 0.25) is 0 Å². The van der Waals surface area contributed by atoms with Crippen LogP contribution in [0.5, 0.6) is 0 Å². The van der Waals surface area contributed by atoms with E-state index in [2.05, 4.69) is 4.98 Å². The maximum absolute atomic E-state index is 13.5. The Morgan fingerprint density at radius 3 is 2.21 bits per heavy atom. The standard InChI is InChI=1S/C22H15F7N4O/c1-3-32(14-6-4-13(23)5-7-14)20(34)17-8-12(2)11-33(17)19-15(10-30)16(21(24,25)26)9-18(31-19)22(27,28)29/h4-9,11H,3H2,1-2H3. The molecular formula is C22H15F7N4O. The van der Waals surface area contributed by atoms with Gasteiger partial charge in [0, 0.05) is 18.4 Å². The van der Waals surface area contributed by atoms with Crippen molar-refractivity contribution >= 4 is 11.6 Å². The fourth-order valence-corrected chi connectivity index (χ4v) is 3.32. The van der Waals surface area contributed by atoms with Crippen LogP contribution in [0.25, 0.3) is 5.82 Å². The molecule has 0 atom stereocenters. The summed E-state index contributed by atoms with van der Waals surface area (Å²) in [7, 11) is 0. The molecule has 178 valence electrons. The van der Waals surface area contributed by atoms with E-state index >= 15 is 0 Å². The number of hydrogen-bond donors (Lipinski definition) is 0. The van der Waals surface area contributed by atoms with Crippen molar-refractivity contribution in [1.29, 1.82) is 5.26 Å². The molecule has 0 aliphatic rings. The molecule has 2 aromatic heterocycles. The van der Waals surface area contributed by atoms with Crippen LogP contribution < -0.4 is 4.90 Å². The third kappa shape index (κ3) is 4.73. The van der Waals surface area contributed by atoms with Crippen molar-refractivity contribution in [2.24, 2.45) is 0 Å². The van der Waals surface area contributed by atoms with Crippen molar-refractivity contribution in [3.63, 3.8) is 0 Å². The van der Waals surface area contributed by atoms with Gasteiger partial charge in [0.05, 0.1) is 5.56 Å². The monoisotopic (exact) mass is 484 g/mol. The number of aryl methyl sites for hydroxylation is 1. The highest BCUT2D eigenvalue weighted by molar-refractivity contribution is 6.05. The van der Waals surface area contributed by atoms with Crippen molar-refractivity contribution in [1.82, 2.24) is 9.55 Å². The van der Waals surface area contributed by atoms with Gasteiger partial charge in [-0.3, -0.25) is 9.36 Å². The first-order valence-corrected chi connectivity index (χ1v) is 9.64. The van der Waals surface area contributed by atoms with Crippen molar-refractivity contribution in [2.45, 2.75) is 26.2 Å². The highest BCUT2D eigenvalue weighted by Crippen LogP contribution is 2.38. The molecule has 1 aromatic carbocycles. The zero-order valence-electron chi connectivity index (χ0n) is 17.6. The van der Waals surface area contributed by atoms with Gasteiger partial charge in [0.15, 0.2) is 5.82 Å². The van der Waals surface area contributed by atoms with Gasteiger partial charge in [-0.05, 0) is 55.8 Å². The lowest BCUT2D eigenvalue weighted by atomic mass is 10.1. The number of carbonyl (C=O) groups excluding carboxylic acids is 1. The summed E-state index contributed by atoms with van der Waals surface area (Å²) in [5.41, 5.74) is -4.65. The van der Waals surface area contributed by atoms with E-state index < -0.39 is 46.7 Å². The Hall–Kier alpha value is -3.88. The highest BCUT2D eigenvalue weighted by Gasteiger charge is 2.41. The van der Waals surface area contributed by atoms with E-state index in [0.717, 1.165) is 27.8 Å². The number of pyridine rings is 1. The van der Waals surface area contributed by atoms with Gasteiger partial charge in [-0.1, -0.05) is 0 Å². The number of anilines is 1. The minimum Gasteiger partial charge on any atom is -0.307 e. The van der Waals surface area contributed by atoms with Gasteiger partial charge in [0.25, 0.3) is 5.91 Å². The van der Waals surface area contributed by atoms with E-state index in [1.165, 1.54) is 31.2 Å². The first-order chi connectivity index (χ1) is 15.8. The van der Waals surface area contributed by atoms with Crippen LogP contribution in [0.4, 0.5) is 36.4 Å². The number of alkyl halides is 6. The van der Waals surface area contributed by atoms with Crippen molar-refractivity contribution in [3.05, 3.63) is 76.5 Å². The Kier molecular flexibility index (Phi) is 6.42. The summed E-state index contributed by atoms with van der Waals surface area (Å²) in [6, 6.07) is 7.04. The second-order valence-corrected chi connectivity index (χ2v) is 7.16. The molecule has 12 heteroatoms. The van der Waals surface area contributed by atoms with Crippen LogP contribution in [0, 0.1) is 24.1 Å².